The Hall–Kier alpha value is -0.770. The second kappa shape index (κ2) is 7.49. The summed E-state index contributed by atoms with van der Waals surface area (Å²) in [7, 11) is 0. The zero-order valence-corrected chi connectivity index (χ0v) is 18.3. The van der Waals surface area contributed by atoms with Gasteiger partial charge in [-0.05, 0) is 104 Å². The van der Waals surface area contributed by atoms with E-state index < -0.39 is 0 Å². The van der Waals surface area contributed by atoms with E-state index in [2.05, 4.69) is 26.1 Å². The second-order valence-electron chi connectivity index (χ2n) is 11.2. The number of carbonyl (C=O) groups is 1. The molecular formula is C24H42N2O2. The number of rotatable bonds is 4. The normalized spacial score (nSPS) is 50.4. The minimum atomic E-state index is -0.389. The number of urea groups is 1. The number of hydrogen-bond donors (Lipinski definition) is 3. The molecule has 0 aromatic rings. The molecule has 0 radical (unpaired) electrons. The first-order valence-electron chi connectivity index (χ1n) is 12.0. The Labute approximate surface area is 171 Å². The van der Waals surface area contributed by atoms with Crippen LogP contribution in [-0.4, -0.2) is 23.8 Å². The van der Waals surface area contributed by atoms with Gasteiger partial charge in [-0.15, -0.1) is 0 Å². The number of amides is 2. The first-order chi connectivity index (χ1) is 13.3. The maximum Gasteiger partial charge on any atom is 0.312 e. The number of carbonyl (C=O) groups excluding carboxylic acids is 1. The predicted molar refractivity (Wildman–Crippen MR) is 113 cm³/mol. The highest BCUT2D eigenvalue weighted by molar-refractivity contribution is 5.71. The number of nitrogens with one attached hydrogen (secondary N) is 1. The van der Waals surface area contributed by atoms with Gasteiger partial charge in [0, 0.05) is 6.54 Å². The SMILES string of the molecule is CC[C@H]1C[C@@H]2[C@H](CC[C@]3(C)C(CCNC(N)=O)CC[C@@H]23)[C@@]2(C)CC[C@@H](O)C[C@@H]12. The second-order valence-corrected chi connectivity index (χ2v) is 11.2. The Morgan fingerprint density at radius 1 is 1.04 bits per heavy atom. The topological polar surface area (TPSA) is 75.3 Å². The molecule has 2 amide bonds. The number of aliphatic hydroxyl groups is 1. The summed E-state index contributed by atoms with van der Waals surface area (Å²) in [5.41, 5.74) is 6.16. The average Bonchev–Trinajstić information content (AvgIpc) is 2.98. The summed E-state index contributed by atoms with van der Waals surface area (Å²) in [5.74, 6) is 4.82. The van der Waals surface area contributed by atoms with Crippen molar-refractivity contribution < 1.29 is 9.90 Å². The molecule has 28 heavy (non-hydrogen) atoms. The van der Waals surface area contributed by atoms with E-state index in [0.29, 0.717) is 10.8 Å². The molecule has 4 nitrogen and oxygen atoms in total. The first kappa shape index (κ1) is 20.5. The van der Waals surface area contributed by atoms with Gasteiger partial charge >= 0.3 is 6.03 Å². The van der Waals surface area contributed by atoms with Crippen LogP contribution in [0.25, 0.3) is 0 Å². The van der Waals surface area contributed by atoms with Crippen molar-refractivity contribution in [1.82, 2.24) is 5.32 Å². The summed E-state index contributed by atoms with van der Waals surface area (Å²) in [6, 6.07) is -0.389. The summed E-state index contributed by atoms with van der Waals surface area (Å²) in [6.45, 7) is 8.26. The fourth-order valence-corrected chi connectivity index (χ4v) is 8.89. The van der Waals surface area contributed by atoms with Crippen LogP contribution in [0.15, 0.2) is 0 Å². The van der Waals surface area contributed by atoms with Gasteiger partial charge in [-0.25, -0.2) is 4.79 Å². The van der Waals surface area contributed by atoms with Crippen molar-refractivity contribution >= 4 is 6.03 Å². The summed E-state index contributed by atoms with van der Waals surface area (Å²) in [6.07, 6.45) is 12.4. The maximum absolute atomic E-state index is 11.1. The third kappa shape index (κ3) is 3.18. The van der Waals surface area contributed by atoms with E-state index in [0.717, 1.165) is 61.3 Å². The van der Waals surface area contributed by atoms with Crippen LogP contribution in [0.5, 0.6) is 0 Å². The highest BCUT2D eigenvalue weighted by Crippen LogP contribution is 2.69. The highest BCUT2D eigenvalue weighted by Gasteiger charge is 2.61. The summed E-state index contributed by atoms with van der Waals surface area (Å²) in [5, 5.41) is 13.2. The lowest BCUT2D eigenvalue weighted by atomic mass is 9.42. The van der Waals surface area contributed by atoms with Crippen molar-refractivity contribution in [1.29, 1.82) is 0 Å². The van der Waals surface area contributed by atoms with Crippen LogP contribution in [0.2, 0.25) is 0 Å². The lowest BCUT2D eigenvalue weighted by Gasteiger charge is -2.63. The minimum absolute atomic E-state index is 0.0638. The van der Waals surface area contributed by atoms with Crippen molar-refractivity contribution in [3.8, 4) is 0 Å². The molecule has 160 valence electrons. The van der Waals surface area contributed by atoms with Gasteiger partial charge in [-0.3, -0.25) is 0 Å². The molecule has 1 unspecified atom stereocenters. The fourth-order valence-electron chi connectivity index (χ4n) is 8.89. The number of aliphatic hydroxyl groups excluding tert-OH is 1. The van der Waals surface area contributed by atoms with Gasteiger partial charge in [0.25, 0.3) is 0 Å². The molecule has 0 spiro atoms. The molecule has 4 fully saturated rings. The molecule has 0 aromatic carbocycles. The number of nitrogens with two attached hydrogens (primary N) is 1. The monoisotopic (exact) mass is 390 g/mol. The summed E-state index contributed by atoms with van der Waals surface area (Å²) < 4.78 is 0. The quantitative estimate of drug-likeness (QED) is 0.651. The number of hydrogen-bond acceptors (Lipinski definition) is 2. The maximum atomic E-state index is 11.1. The van der Waals surface area contributed by atoms with Gasteiger partial charge in [0.15, 0.2) is 0 Å². The van der Waals surface area contributed by atoms with Gasteiger partial charge < -0.3 is 16.2 Å². The molecular weight excluding hydrogens is 348 g/mol. The van der Waals surface area contributed by atoms with Crippen LogP contribution < -0.4 is 11.1 Å². The highest BCUT2D eigenvalue weighted by atomic mass is 16.3. The third-order valence-corrected chi connectivity index (χ3v) is 10.3. The largest absolute Gasteiger partial charge is 0.393 e. The molecule has 4 heteroatoms. The van der Waals surface area contributed by atoms with Crippen LogP contribution in [0.4, 0.5) is 4.79 Å². The van der Waals surface area contributed by atoms with Crippen molar-refractivity contribution in [2.24, 2.45) is 52.1 Å². The van der Waals surface area contributed by atoms with Crippen LogP contribution in [0.3, 0.4) is 0 Å². The van der Waals surface area contributed by atoms with Crippen molar-refractivity contribution in [3.05, 3.63) is 0 Å². The molecule has 4 N–H and O–H groups in total. The standard InChI is InChI=1S/C24H42N2O2/c1-4-15-13-18-19-6-5-16(9-12-26-22(25)28)23(19,2)11-8-20(18)24(3)10-7-17(27)14-21(15)24/h15-21,27H,4-14H2,1-3H3,(H3,25,26,28)/t15-,16?,17+,18-,19-,20-,21-,23+,24+/m0/s1. The van der Waals surface area contributed by atoms with Gasteiger partial charge in [0.1, 0.15) is 0 Å². The molecule has 0 heterocycles. The average molecular weight is 391 g/mol. The molecule has 4 saturated carbocycles. The number of primary amides is 1. The Morgan fingerprint density at radius 3 is 2.46 bits per heavy atom. The lowest BCUT2D eigenvalue weighted by molar-refractivity contribution is -0.150. The van der Waals surface area contributed by atoms with Crippen LogP contribution in [0.1, 0.15) is 85.0 Å². The van der Waals surface area contributed by atoms with Gasteiger partial charge in [-0.1, -0.05) is 27.2 Å². The van der Waals surface area contributed by atoms with E-state index in [-0.39, 0.29) is 12.1 Å². The van der Waals surface area contributed by atoms with E-state index in [1.807, 2.05) is 0 Å². The van der Waals surface area contributed by atoms with Crippen LogP contribution in [0, 0.1) is 46.3 Å². The number of fused-ring (bicyclic) bond motifs is 5. The predicted octanol–water partition coefficient (Wildman–Crippen LogP) is 4.70. The molecule has 4 rings (SSSR count). The zero-order chi connectivity index (χ0) is 20.1. The smallest absolute Gasteiger partial charge is 0.312 e. The molecule has 0 bridgehead atoms. The summed E-state index contributed by atoms with van der Waals surface area (Å²) >= 11 is 0. The lowest BCUT2D eigenvalue weighted by Crippen LogP contribution is -2.56. The Balaban J connectivity index is 1.54. The van der Waals surface area contributed by atoms with Crippen LogP contribution >= 0.6 is 0 Å². The molecule has 9 atom stereocenters. The van der Waals surface area contributed by atoms with Crippen LogP contribution in [-0.2, 0) is 0 Å². The van der Waals surface area contributed by atoms with E-state index in [4.69, 9.17) is 5.73 Å². The Morgan fingerprint density at radius 2 is 1.75 bits per heavy atom. The fraction of sp³-hybridized carbons (Fsp3) is 0.958. The van der Waals surface area contributed by atoms with E-state index >= 15 is 0 Å². The minimum Gasteiger partial charge on any atom is -0.393 e. The van der Waals surface area contributed by atoms with E-state index in [1.165, 1.54) is 44.9 Å². The van der Waals surface area contributed by atoms with Crippen molar-refractivity contribution in [2.75, 3.05) is 6.54 Å². The van der Waals surface area contributed by atoms with Gasteiger partial charge in [-0.2, -0.15) is 0 Å². The third-order valence-electron chi connectivity index (χ3n) is 10.3. The molecule has 0 aromatic heterocycles. The summed E-state index contributed by atoms with van der Waals surface area (Å²) in [4.78, 5) is 11.1. The molecule has 4 aliphatic carbocycles. The van der Waals surface area contributed by atoms with Gasteiger partial charge in [0.2, 0.25) is 0 Å². The molecule has 0 saturated heterocycles. The zero-order valence-electron chi connectivity index (χ0n) is 18.3. The van der Waals surface area contributed by atoms with E-state index in [9.17, 15) is 9.90 Å². The van der Waals surface area contributed by atoms with Gasteiger partial charge in [0.05, 0.1) is 6.10 Å². The van der Waals surface area contributed by atoms with Crippen molar-refractivity contribution in [2.45, 2.75) is 91.1 Å². The Bertz CT molecular complexity index is 595. The Kier molecular flexibility index (Phi) is 5.48. The van der Waals surface area contributed by atoms with E-state index in [1.54, 1.807) is 0 Å². The first-order valence-corrected chi connectivity index (χ1v) is 12.0. The molecule has 0 aliphatic heterocycles. The molecule has 4 aliphatic rings. The van der Waals surface area contributed by atoms with Crippen molar-refractivity contribution in [3.63, 3.8) is 0 Å².